The summed E-state index contributed by atoms with van der Waals surface area (Å²) in [6.07, 6.45) is 0. The Morgan fingerprint density at radius 3 is 1.69 bits per heavy atom. The Kier molecular flexibility index (Phi) is 7.88. The molecule has 0 unspecified atom stereocenters. The molecule has 3 aromatic carbocycles. The van der Waals surface area contributed by atoms with E-state index in [0.717, 1.165) is 29.1 Å². The highest BCUT2D eigenvalue weighted by atomic mass is 14.9. The van der Waals surface area contributed by atoms with Gasteiger partial charge in [-0.1, -0.05) is 105 Å². The van der Waals surface area contributed by atoms with Gasteiger partial charge in [-0.05, 0) is 17.8 Å². The average molecular weight is 342 g/mol. The van der Waals surface area contributed by atoms with Gasteiger partial charge in [-0.3, -0.25) is 4.99 Å². The number of hydrogen-bond acceptors (Lipinski definition) is 2. The van der Waals surface area contributed by atoms with Gasteiger partial charge in [0.15, 0.2) is 0 Å². The normalized spacial score (nSPS) is 10.8. The molecule has 132 valence electrons. The van der Waals surface area contributed by atoms with Crippen LogP contribution in [-0.2, 0) is 6.54 Å². The Morgan fingerprint density at radius 2 is 1.19 bits per heavy atom. The van der Waals surface area contributed by atoms with Gasteiger partial charge in [-0.2, -0.15) is 0 Å². The van der Waals surface area contributed by atoms with E-state index in [2.05, 4.69) is 53.4 Å². The summed E-state index contributed by atoms with van der Waals surface area (Å²) in [5, 5.41) is 3.55. The van der Waals surface area contributed by atoms with Crippen LogP contribution in [0, 0.1) is 0 Å². The summed E-state index contributed by atoms with van der Waals surface area (Å²) in [5.41, 5.74) is 5.22. The lowest BCUT2D eigenvalue weighted by atomic mass is 10.0. The molecule has 0 aliphatic rings. The Hall–Kier alpha value is -3.13. The fourth-order valence-corrected chi connectivity index (χ4v) is 2.62. The summed E-state index contributed by atoms with van der Waals surface area (Å²) in [4.78, 5) is 4.31. The monoisotopic (exact) mass is 342 g/mol. The van der Waals surface area contributed by atoms with Crippen LogP contribution < -0.4 is 5.32 Å². The van der Waals surface area contributed by atoms with Crippen molar-refractivity contribution < 1.29 is 0 Å². The van der Waals surface area contributed by atoms with Crippen molar-refractivity contribution in [2.24, 2.45) is 4.99 Å². The molecule has 2 heteroatoms. The summed E-state index contributed by atoms with van der Waals surface area (Å²) in [7, 11) is 0. The van der Waals surface area contributed by atoms with Crippen molar-refractivity contribution in [2.45, 2.75) is 20.4 Å². The van der Waals surface area contributed by atoms with E-state index in [9.17, 15) is 0 Å². The van der Waals surface area contributed by atoms with Crippen LogP contribution in [-0.4, -0.2) is 6.72 Å². The molecule has 3 aromatic rings. The number of nitrogens with zero attached hydrogens (tertiary/aromatic N) is 1. The van der Waals surface area contributed by atoms with Crippen LogP contribution in [0.2, 0.25) is 0 Å². The van der Waals surface area contributed by atoms with Crippen molar-refractivity contribution in [3.05, 3.63) is 108 Å². The maximum Gasteiger partial charge on any atom is 0.0932 e. The SMILES string of the molecule is C=N/C(=C(\NCc1ccccc1)c1ccccc1)c1ccccc1.CC. The molecule has 0 radical (unpaired) electrons. The molecule has 0 aliphatic heterocycles. The second-order valence-corrected chi connectivity index (χ2v) is 5.45. The first-order valence-corrected chi connectivity index (χ1v) is 8.98. The lowest BCUT2D eigenvalue weighted by Gasteiger charge is -2.15. The van der Waals surface area contributed by atoms with Crippen LogP contribution in [0.25, 0.3) is 11.4 Å². The molecule has 0 saturated heterocycles. The quantitative estimate of drug-likeness (QED) is 0.429. The molecule has 0 fully saturated rings. The summed E-state index contributed by atoms with van der Waals surface area (Å²) >= 11 is 0. The fourth-order valence-electron chi connectivity index (χ4n) is 2.62. The molecule has 0 amide bonds. The molecule has 0 aromatic heterocycles. The van der Waals surface area contributed by atoms with Crippen molar-refractivity contribution in [2.75, 3.05) is 0 Å². The third kappa shape index (κ3) is 5.18. The number of nitrogens with one attached hydrogen (secondary N) is 1. The highest BCUT2D eigenvalue weighted by molar-refractivity contribution is 5.90. The minimum atomic E-state index is 0.733. The molecule has 26 heavy (non-hydrogen) atoms. The predicted octanol–water partition coefficient (Wildman–Crippen LogP) is 6.03. The van der Waals surface area contributed by atoms with Gasteiger partial charge in [0.1, 0.15) is 0 Å². The summed E-state index contributed by atoms with van der Waals surface area (Å²) in [5.74, 6) is 0. The molecule has 2 nitrogen and oxygen atoms in total. The summed E-state index contributed by atoms with van der Waals surface area (Å²) in [6, 6.07) is 30.7. The van der Waals surface area contributed by atoms with Crippen molar-refractivity contribution >= 4 is 18.1 Å². The van der Waals surface area contributed by atoms with E-state index in [0.29, 0.717) is 0 Å². The van der Waals surface area contributed by atoms with Crippen LogP contribution >= 0.6 is 0 Å². The largest absolute Gasteiger partial charge is 0.379 e. The third-order valence-electron chi connectivity index (χ3n) is 3.82. The summed E-state index contributed by atoms with van der Waals surface area (Å²) < 4.78 is 0. The second-order valence-electron chi connectivity index (χ2n) is 5.45. The van der Waals surface area contributed by atoms with E-state index in [1.807, 2.05) is 68.4 Å². The zero-order valence-electron chi connectivity index (χ0n) is 15.5. The minimum absolute atomic E-state index is 0.733. The van der Waals surface area contributed by atoms with Crippen molar-refractivity contribution in [1.29, 1.82) is 0 Å². The lowest BCUT2D eigenvalue weighted by molar-refractivity contribution is 0.890. The van der Waals surface area contributed by atoms with Gasteiger partial charge in [0.2, 0.25) is 0 Å². The zero-order chi connectivity index (χ0) is 18.6. The first-order valence-electron chi connectivity index (χ1n) is 8.98. The van der Waals surface area contributed by atoms with Crippen LogP contribution in [0.5, 0.6) is 0 Å². The topological polar surface area (TPSA) is 24.4 Å². The Balaban J connectivity index is 0.00000117. The van der Waals surface area contributed by atoms with E-state index < -0.39 is 0 Å². The standard InChI is InChI=1S/C22H20N2.C2H6/c1-23-21(19-13-7-3-8-14-19)22(20-15-9-4-10-16-20)24-17-18-11-5-2-6-12-18;1-2/h2-16,24H,1,17H2;1-2H3/b22-21-;. The predicted molar refractivity (Wildman–Crippen MR) is 114 cm³/mol. The molecule has 0 atom stereocenters. The van der Waals surface area contributed by atoms with Crippen LogP contribution in [0.1, 0.15) is 30.5 Å². The second kappa shape index (κ2) is 10.7. The molecule has 1 N–H and O–H groups in total. The van der Waals surface area contributed by atoms with Crippen molar-refractivity contribution in [3.8, 4) is 0 Å². The molecule has 0 aliphatic carbocycles. The van der Waals surface area contributed by atoms with Gasteiger partial charge in [0.05, 0.1) is 11.4 Å². The van der Waals surface area contributed by atoms with Crippen LogP contribution in [0.15, 0.2) is 96.0 Å². The fraction of sp³-hybridized carbons (Fsp3) is 0.125. The first kappa shape index (κ1) is 19.2. The zero-order valence-corrected chi connectivity index (χ0v) is 15.5. The third-order valence-corrected chi connectivity index (χ3v) is 3.82. The highest BCUT2D eigenvalue weighted by Crippen LogP contribution is 2.25. The van der Waals surface area contributed by atoms with Gasteiger partial charge in [0.25, 0.3) is 0 Å². The Labute approximate surface area is 156 Å². The number of hydrogen-bond donors (Lipinski definition) is 1. The van der Waals surface area contributed by atoms with E-state index in [4.69, 9.17) is 0 Å². The van der Waals surface area contributed by atoms with E-state index in [-0.39, 0.29) is 0 Å². The van der Waals surface area contributed by atoms with Gasteiger partial charge in [0, 0.05) is 12.1 Å². The molecule has 0 heterocycles. The smallest absolute Gasteiger partial charge is 0.0932 e. The molecule has 0 spiro atoms. The maximum absolute atomic E-state index is 4.31. The number of aliphatic imine (C=N–C) groups is 1. The van der Waals surface area contributed by atoms with Gasteiger partial charge >= 0.3 is 0 Å². The highest BCUT2D eigenvalue weighted by Gasteiger charge is 2.10. The first-order chi connectivity index (χ1) is 12.9. The minimum Gasteiger partial charge on any atom is -0.379 e. The summed E-state index contributed by atoms with van der Waals surface area (Å²) in [6.45, 7) is 8.52. The molecular formula is C24H26N2. The van der Waals surface area contributed by atoms with E-state index in [1.165, 1.54) is 5.56 Å². The van der Waals surface area contributed by atoms with E-state index in [1.54, 1.807) is 0 Å². The molecular weight excluding hydrogens is 316 g/mol. The van der Waals surface area contributed by atoms with Crippen molar-refractivity contribution in [3.63, 3.8) is 0 Å². The lowest BCUT2D eigenvalue weighted by Crippen LogP contribution is -2.13. The van der Waals surface area contributed by atoms with Crippen LogP contribution in [0.4, 0.5) is 0 Å². The van der Waals surface area contributed by atoms with Gasteiger partial charge < -0.3 is 5.32 Å². The van der Waals surface area contributed by atoms with Gasteiger partial charge in [-0.15, -0.1) is 0 Å². The Morgan fingerprint density at radius 1 is 0.731 bits per heavy atom. The van der Waals surface area contributed by atoms with Gasteiger partial charge in [-0.25, -0.2) is 0 Å². The average Bonchev–Trinajstić information content (AvgIpc) is 2.74. The van der Waals surface area contributed by atoms with Crippen molar-refractivity contribution in [1.82, 2.24) is 5.32 Å². The number of benzene rings is 3. The maximum atomic E-state index is 4.31. The number of rotatable bonds is 6. The Bertz CT molecular complexity index is 807. The molecule has 3 rings (SSSR count). The van der Waals surface area contributed by atoms with E-state index >= 15 is 0 Å². The van der Waals surface area contributed by atoms with Crippen LogP contribution in [0.3, 0.4) is 0 Å². The molecule has 0 saturated carbocycles. The molecule has 0 bridgehead atoms.